The second-order valence-electron chi connectivity index (χ2n) is 3.88. The predicted molar refractivity (Wildman–Crippen MR) is 57.4 cm³/mol. The summed E-state index contributed by atoms with van der Waals surface area (Å²) in [5.74, 6) is 0. The van der Waals surface area contributed by atoms with Crippen LogP contribution in [0, 0.1) is 6.92 Å². The van der Waals surface area contributed by atoms with Crippen molar-refractivity contribution < 1.29 is 0 Å². The lowest BCUT2D eigenvalue weighted by Crippen LogP contribution is -1.95. The topological polar surface area (TPSA) is 0 Å². The Morgan fingerprint density at radius 2 is 1.69 bits per heavy atom. The van der Waals surface area contributed by atoms with Gasteiger partial charge in [0.2, 0.25) is 0 Å². The second kappa shape index (κ2) is 3.71. The summed E-state index contributed by atoms with van der Waals surface area (Å²) in [6, 6.07) is 4.19. The zero-order chi connectivity index (χ0) is 9.26. The average Bonchev–Trinajstić information content (AvgIpc) is 2.37. The maximum absolute atomic E-state index is 6.19. The molecule has 0 saturated carbocycles. The van der Waals surface area contributed by atoms with E-state index in [0.29, 0.717) is 0 Å². The van der Waals surface area contributed by atoms with Crippen LogP contribution in [0.2, 0.25) is 5.02 Å². The third-order valence-electron chi connectivity index (χ3n) is 2.96. The van der Waals surface area contributed by atoms with Crippen molar-refractivity contribution in [3.8, 4) is 0 Å². The van der Waals surface area contributed by atoms with Crippen LogP contribution in [-0.2, 0) is 12.8 Å². The molecule has 2 rings (SSSR count). The molecule has 0 amide bonds. The molecule has 0 N–H and O–H groups in total. The Bertz CT molecular complexity index is 284. The Labute approximate surface area is 84.9 Å². The molecule has 0 heterocycles. The van der Waals surface area contributed by atoms with E-state index in [1.807, 2.05) is 6.07 Å². The van der Waals surface area contributed by atoms with Crippen LogP contribution < -0.4 is 0 Å². The molecule has 0 atom stereocenters. The van der Waals surface area contributed by atoms with Crippen LogP contribution in [0.5, 0.6) is 0 Å². The second-order valence-corrected chi connectivity index (χ2v) is 4.29. The van der Waals surface area contributed by atoms with Gasteiger partial charge in [-0.1, -0.05) is 24.1 Å². The van der Waals surface area contributed by atoms with Gasteiger partial charge in [0, 0.05) is 5.02 Å². The van der Waals surface area contributed by atoms with E-state index in [0.717, 1.165) is 5.02 Å². The van der Waals surface area contributed by atoms with E-state index in [1.165, 1.54) is 48.8 Å². The fourth-order valence-corrected chi connectivity index (χ4v) is 2.45. The maximum atomic E-state index is 6.19. The molecule has 0 saturated heterocycles. The van der Waals surface area contributed by atoms with E-state index in [1.54, 1.807) is 0 Å². The summed E-state index contributed by atoms with van der Waals surface area (Å²) >= 11 is 6.19. The van der Waals surface area contributed by atoms with Crippen molar-refractivity contribution in [3.63, 3.8) is 0 Å². The van der Waals surface area contributed by atoms with Gasteiger partial charge in [0.15, 0.2) is 0 Å². The van der Waals surface area contributed by atoms with Gasteiger partial charge >= 0.3 is 0 Å². The Hall–Kier alpha value is -0.490. The molecule has 70 valence electrons. The molecule has 1 heteroatoms. The number of hydrogen-bond acceptors (Lipinski definition) is 0. The molecule has 0 unspecified atom stereocenters. The van der Waals surface area contributed by atoms with Crippen molar-refractivity contribution in [3.05, 3.63) is 33.8 Å². The van der Waals surface area contributed by atoms with Gasteiger partial charge in [0.25, 0.3) is 0 Å². The molecule has 0 radical (unpaired) electrons. The zero-order valence-corrected chi connectivity index (χ0v) is 8.82. The lowest BCUT2D eigenvalue weighted by molar-refractivity contribution is 0.711. The summed E-state index contributed by atoms with van der Waals surface area (Å²) in [5, 5.41) is 0.975. The lowest BCUT2D eigenvalue weighted by atomic mass is 9.98. The highest BCUT2D eigenvalue weighted by Crippen LogP contribution is 2.29. The van der Waals surface area contributed by atoms with Crippen LogP contribution in [0.15, 0.2) is 12.1 Å². The summed E-state index contributed by atoms with van der Waals surface area (Å²) < 4.78 is 0. The van der Waals surface area contributed by atoms with E-state index >= 15 is 0 Å². The highest BCUT2D eigenvalue weighted by Gasteiger charge is 2.12. The summed E-state index contributed by atoms with van der Waals surface area (Å²) in [5.41, 5.74) is 4.35. The van der Waals surface area contributed by atoms with Gasteiger partial charge in [-0.2, -0.15) is 0 Å². The highest BCUT2D eigenvalue weighted by molar-refractivity contribution is 6.31. The molecule has 1 aliphatic rings. The first-order valence-electron chi connectivity index (χ1n) is 5.06. The molecule has 0 aliphatic heterocycles. The van der Waals surface area contributed by atoms with Gasteiger partial charge < -0.3 is 0 Å². The zero-order valence-electron chi connectivity index (χ0n) is 8.07. The van der Waals surface area contributed by atoms with Crippen molar-refractivity contribution in [2.45, 2.75) is 39.0 Å². The SMILES string of the molecule is Cc1ccc(Cl)c2c1CCCCC2. The van der Waals surface area contributed by atoms with E-state index < -0.39 is 0 Å². The van der Waals surface area contributed by atoms with Crippen LogP contribution in [0.25, 0.3) is 0 Å². The minimum Gasteiger partial charge on any atom is -0.0840 e. The van der Waals surface area contributed by atoms with Crippen molar-refractivity contribution in [1.29, 1.82) is 0 Å². The number of fused-ring (bicyclic) bond motifs is 1. The molecule has 1 aliphatic carbocycles. The van der Waals surface area contributed by atoms with Gasteiger partial charge in [0.05, 0.1) is 0 Å². The smallest absolute Gasteiger partial charge is 0.0440 e. The maximum Gasteiger partial charge on any atom is 0.0440 e. The summed E-state index contributed by atoms with van der Waals surface area (Å²) in [6.45, 7) is 2.19. The van der Waals surface area contributed by atoms with Gasteiger partial charge in [0.1, 0.15) is 0 Å². The average molecular weight is 195 g/mol. The van der Waals surface area contributed by atoms with Gasteiger partial charge in [-0.05, 0) is 55.4 Å². The number of rotatable bonds is 0. The van der Waals surface area contributed by atoms with Gasteiger partial charge in [-0.25, -0.2) is 0 Å². The fraction of sp³-hybridized carbons (Fsp3) is 0.500. The van der Waals surface area contributed by atoms with Crippen LogP contribution in [-0.4, -0.2) is 0 Å². The van der Waals surface area contributed by atoms with Crippen molar-refractivity contribution >= 4 is 11.6 Å². The standard InChI is InChI=1S/C12H15Cl/c1-9-7-8-12(13)11-6-4-2-3-5-10(9)11/h7-8H,2-6H2,1H3. The van der Waals surface area contributed by atoms with E-state index in [-0.39, 0.29) is 0 Å². The molecule has 0 aromatic heterocycles. The normalized spacial score (nSPS) is 16.5. The highest BCUT2D eigenvalue weighted by atomic mass is 35.5. The molecule has 1 aromatic carbocycles. The number of hydrogen-bond donors (Lipinski definition) is 0. The Morgan fingerprint density at radius 1 is 1.00 bits per heavy atom. The summed E-state index contributed by atoms with van der Waals surface area (Å²) in [4.78, 5) is 0. The van der Waals surface area contributed by atoms with E-state index in [2.05, 4.69) is 13.0 Å². The minimum absolute atomic E-state index is 0.975. The predicted octanol–water partition coefficient (Wildman–Crippen LogP) is 3.92. The molecular weight excluding hydrogens is 180 g/mol. The van der Waals surface area contributed by atoms with Crippen LogP contribution in [0.3, 0.4) is 0 Å². The first kappa shape index (κ1) is 9.08. The Kier molecular flexibility index (Phi) is 2.59. The first-order valence-corrected chi connectivity index (χ1v) is 5.43. The summed E-state index contributed by atoms with van der Waals surface area (Å²) in [6.07, 6.45) is 6.38. The Morgan fingerprint density at radius 3 is 2.46 bits per heavy atom. The third-order valence-corrected chi connectivity index (χ3v) is 3.32. The molecule has 1 aromatic rings. The number of benzene rings is 1. The molecular formula is C12H15Cl. The monoisotopic (exact) mass is 194 g/mol. The number of halogens is 1. The molecule has 0 spiro atoms. The lowest BCUT2D eigenvalue weighted by Gasteiger charge is -2.10. The van der Waals surface area contributed by atoms with E-state index in [4.69, 9.17) is 11.6 Å². The Balaban J connectivity index is 2.50. The summed E-state index contributed by atoms with van der Waals surface area (Å²) in [7, 11) is 0. The third kappa shape index (κ3) is 1.73. The molecule has 0 bridgehead atoms. The fourth-order valence-electron chi connectivity index (χ4n) is 2.18. The van der Waals surface area contributed by atoms with Crippen molar-refractivity contribution in [2.24, 2.45) is 0 Å². The number of aryl methyl sites for hydroxylation is 1. The van der Waals surface area contributed by atoms with Crippen LogP contribution in [0.1, 0.15) is 36.0 Å². The quantitative estimate of drug-likeness (QED) is 0.550. The minimum atomic E-state index is 0.975. The first-order chi connectivity index (χ1) is 6.29. The largest absolute Gasteiger partial charge is 0.0840 e. The van der Waals surface area contributed by atoms with Crippen LogP contribution >= 0.6 is 11.6 Å². The molecule has 0 fully saturated rings. The van der Waals surface area contributed by atoms with Crippen molar-refractivity contribution in [1.82, 2.24) is 0 Å². The molecule has 0 nitrogen and oxygen atoms in total. The van der Waals surface area contributed by atoms with Crippen molar-refractivity contribution in [2.75, 3.05) is 0 Å². The van der Waals surface area contributed by atoms with Gasteiger partial charge in [-0.15, -0.1) is 0 Å². The van der Waals surface area contributed by atoms with Crippen LogP contribution in [0.4, 0.5) is 0 Å². The van der Waals surface area contributed by atoms with E-state index in [9.17, 15) is 0 Å². The van der Waals surface area contributed by atoms with Gasteiger partial charge in [-0.3, -0.25) is 0 Å². The molecule has 13 heavy (non-hydrogen) atoms.